The molecule has 7 nitrogen and oxygen atoms in total. The first-order valence-electron chi connectivity index (χ1n) is 8.87. The molecule has 2 aromatic rings. The number of para-hydroxylation sites is 1. The van der Waals surface area contributed by atoms with Crippen LogP contribution in [0, 0.1) is 0 Å². The second-order valence-corrected chi connectivity index (χ2v) is 6.06. The number of nitrogens with zero attached hydrogens (tertiary/aromatic N) is 4. The van der Waals surface area contributed by atoms with Gasteiger partial charge in [-0.05, 0) is 25.0 Å². The van der Waals surface area contributed by atoms with Crippen molar-refractivity contribution in [2.75, 3.05) is 13.6 Å². The number of aliphatic imine (C=N–C) groups is 1. The van der Waals surface area contributed by atoms with E-state index in [1.165, 1.54) is 0 Å². The fourth-order valence-electron chi connectivity index (χ4n) is 2.90. The van der Waals surface area contributed by atoms with Crippen LogP contribution in [0.1, 0.15) is 31.4 Å². The molecule has 0 saturated heterocycles. The summed E-state index contributed by atoms with van der Waals surface area (Å²) in [6.45, 7) is 4.42. The van der Waals surface area contributed by atoms with E-state index in [0.717, 1.165) is 49.2 Å². The fraction of sp³-hybridized carbons (Fsp3) is 0.500. The number of fused-ring (bicyclic) bond motifs is 1. The van der Waals surface area contributed by atoms with Crippen LogP contribution in [-0.4, -0.2) is 40.4 Å². The highest BCUT2D eigenvalue weighted by Crippen LogP contribution is 2.14. The second-order valence-electron chi connectivity index (χ2n) is 6.06. The first kappa shape index (κ1) is 17.3. The minimum atomic E-state index is 0.0817. The maximum absolute atomic E-state index is 6.00. The molecule has 0 saturated carbocycles. The number of aryl methyl sites for hydroxylation is 1. The zero-order valence-electron chi connectivity index (χ0n) is 14.9. The van der Waals surface area contributed by atoms with Gasteiger partial charge in [-0.25, -0.2) is 0 Å². The molecule has 2 N–H and O–H groups in total. The molecule has 0 amide bonds. The number of nitrogens with one attached hydrogen (secondary N) is 2. The van der Waals surface area contributed by atoms with Crippen LogP contribution in [0.15, 0.2) is 35.3 Å². The smallest absolute Gasteiger partial charge is 0.191 e. The molecule has 1 aliphatic rings. The lowest BCUT2D eigenvalue weighted by Crippen LogP contribution is -2.42. The molecule has 0 fully saturated rings. The van der Waals surface area contributed by atoms with Crippen LogP contribution in [0.2, 0.25) is 0 Å². The quantitative estimate of drug-likeness (QED) is 0.592. The lowest BCUT2D eigenvalue weighted by atomic mass is 10.2. The van der Waals surface area contributed by atoms with Gasteiger partial charge in [-0.15, -0.1) is 10.2 Å². The van der Waals surface area contributed by atoms with Crippen molar-refractivity contribution in [3.05, 3.63) is 42.0 Å². The van der Waals surface area contributed by atoms with Crippen LogP contribution < -0.4 is 15.4 Å². The van der Waals surface area contributed by atoms with Gasteiger partial charge in [0, 0.05) is 20.0 Å². The Hall–Kier alpha value is -2.57. The molecule has 0 radical (unpaired) electrons. The molecule has 0 aliphatic carbocycles. The highest BCUT2D eigenvalue weighted by atomic mass is 16.5. The summed E-state index contributed by atoms with van der Waals surface area (Å²) in [6.07, 6.45) is 3.17. The van der Waals surface area contributed by atoms with Crippen molar-refractivity contribution < 1.29 is 4.74 Å². The molecule has 1 atom stereocenters. The molecule has 0 spiro atoms. The molecule has 134 valence electrons. The van der Waals surface area contributed by atoms with E-state index in [1.807, 2.05) is 30.3 Å². The van der Waals surface area contributed by atoms with Gasteiger partial charge in [0.1, 0.15) is 17.7 Å². The molecule has 1 aromatic heterocycles. The third-order valence-corrected chi connectivity index (χ3v) is 4.32. The Kier molecular flexibility index (Phi) is 5.87. The summed E-state index contributed by atoms with van der Waals surface area (Å²) in [6, 6.07) is 9.89. The normalized spacial score (nSPS) is 14.9. The summed E-state index contributed by atoms with van der Waals surface area (Å²) in [5, 5.41) is 15.1. The van der Waals surface area contributed by atoms with Crippen LogP contribution >= 0.6 is 0 Å². The Bertz CT molecular complexity index is 697. The number of ether oxygens (including phenoxy) is 1. The first-order valence-corrected chi connectivity index (χ1v) is 8.87. The van der Waals surface area contributed by atoms with Crippen molar-refractivity contribution in [1.29, 1.82) is 0 Å². The lowest BCUT2D eigenvalue weighted by molar-refractivity contribution is 0.199. The molecular formula is C18H26N6O. The number of benzene rings is 1. The number of rotatable bonds is 7. The van der Waals surface area contributed by atoms with Crippen LogP contribution in [0.3, 0.4) is 0 Å². The highest BCUT2D eigenvalue weighted by molar-refractivity contribution is 5.79. The van der Waals surface area contributed by atoms with Crippen molar-refractivity contribution in [2.24, 2.45) is 4.99 Å². The zero-order valence-corrected chi connectivity index (χ0v) is 14.9. The first-order chi connectivity index (χ1) is 12.3. The Balaban J connectivity index is 1.48. The second kappa shape index (κ2) is 8.50. The summed E-state index contributed by atoms with van der Waals surface area (Å²) in [5.74, 6) is 3.67. The van der Waals surface area contributed by atoms with Crippen LogP contribution in [0.25, 0.3) is 0 Å². The summed E-state index contributed by atoms with van der Waals surface area (Å²) >= 11 is 0. The van der Waals surface area contributed by atoms with Gasteiger partial charge >= 0.3 is 0 Å². The summed E-state index contributed by atoms with van der Waals surface area (Å²) < 4.78 is 8.19. The standard InChI is InChI=1S/C18H26N6O/c1-3-14(25-15-8-5-4-6-9-15)12-20-18(19-2)21-13-17-23-22-16-10-7-11-24(16)17/h4-6,8-9,14H,3,7,10-13H2,1-2H3,(H2,19,20,21). The largest absolute Gasteiger partial charge is 0.489 e. The van der Waals surface area contributed by atoms with E-state index in [0.29, 0.717) is 13.1 Å². The Morgan fingerprint density at radius 3 is 2.88 bits per heavy atom. The maximum Gasteiger partial charge on any atom is 0.191 e. The van der Waals surface area contributed by atoms with Gasteiger partial charge in [-0.3, -0.25) is 4.99 Å². The SMILES string of the molecule is CCC(CNC(=NC)NCc1nnc2n1CCC2)Oc1ccccc1. The molecule has 1 aromatic carbocycles. The van der Waals surface area contributed by atoms with E-state index in [1.54, 1.807) is 7.05 Å². The van der Waals surface area contributed by atoms with Crippen LogP contribution in [0.5, 0.6) is 5.75 Å². The predicted molar refractivity (Wildman–Crippen MR) is 97.7 cm³/mol. The van der Waals surface area contributed by atoms with Gasteiger partial charge in [0.15, 0.2) is 11.8 Å². The van der Waals surface area contributed by atoms with E-state index in [-0.39, 0.29) is 6.10 Å². The van der Waals surface area contributed by atoms with Crippen molar-refractivity contribution in [2.45, 2.75) is 45.4 Å². The monoisotopic (exact) mass is 342 g/mol. The maximum atomic E-state index is 6.00. The third-order valence-electron chi connectivity index (χ3n) is 4.32. The molecular weight excluding hydrogens is 316 g/mol. The topological polar surface area (TPSA) is 76.4 Å². The minimum absolute atomic E-state index is 0.0817. The lowest BCUT2D eigenvalue weighted by Gasteiger charge is -2.20. The van der Waals surface area contributed by atoms with Crippen molar-refractivity contribution in [3.8, 4) is 5.75 Å². The Morgan fingerprint density at radius 2 is 2.12 bits per heavy atom. The highest BCUT2D eigenvalue weighted by Gasteiger charge is 2.17. The summed E-state index contributed by atoms with van der Waals surface area (Å²) in [7, 11) is 1.77. The van der Waals surface area contributed by atoms with Gasteiger partial charge in [0.05, 0.1) is 13.1 Å². The number of aromatic nitrogens is 3. The fourth-order valence-corrected chi connectivity index (χ4v) is 2.90. The molecule has 2 heterocycles. The average molecular weight is 342 g/mol. The molecule has 1 aliphatic heterocycles. The zero-order chi connectivity index (χ0) is 17.5. The van der Waals surface area contributed by atoms with Crippen molar-refractivity contribution in [3.63, 3.8) is 0 Å². The van der Waals surface area contributed by atoms with E-state index < -0.39 is 0 Å². The van der Waals surface area contributed by atoms with E-state index in [2.05, 4.69) is 37.3 Å². The predicted octanol–water partition coefficient (Wildman–Crippen LogP) is 1.75. The molecule has 25 heavy (non-hydrogen) atoms. The van der Waals surface area contributed by atoms with E-state index >= 15 is 0 Å². The van der Waals surface area contributed by atoms with Gasteiger partial charge in [-0.1, -0.05) is 25.1 Å². The summed E-state index contributed by atoms with van der Waals surface area (Å²) in [5.41, 5.74) is 0. The number of guanidine groups is 1. The van der Waals surface area contributed by atoms with Gasteiger partial charge in [-0.2, -0.15) is 0 Å². The Morgan fingerprint density at radius 1 is 1.28 bits per heavy atom. The third kappa shape index (κ3) is 4.49. The average Bonchev–Trinajstić information content (AvgIpc) is 3.26. The minimum Gasteiger partial charge on any atom is -0.489 e. The van der Waals surface area contributed by atoms with Gasteiger partial charge in [0.25, 0.3) is 0 Å². The van der Waals surface area contributed by atoms with E-state index in [9.17, 15) is 0 Å². The van der Waals surface area contributed by atoms with Gasteiger partial charge < -0.3 is 19.9 Å². The molecule has 1 unspecified atom stereocenters. The van der Waals surface area contributed by atoms with Crippen LogP contribution in [-0.2, 0) is 19.5 Å². The van der Waals surface area contributed by atoms with Crippen molar-refractivity contribution >= 4 is 5.96 Å². The van der Waals surface area contributed by atoms with Gasteiger partial charge in [0.2, 0.25) is 0 Å². The van der Waals surface area contributed by atoms with E-state index in [4.69, 9.17) is 4.74 Å². The summed E-state index contributed by atoms with van der Waals surface area (Å²) in [4.78, 5) is 4.28. The number of hydrogen-bond acceptors (Lipinski definition) is 4. The number of hydrogen-bond donors (Lipinski definition) is 2. The molecule has 0 bridgehead atoms. The van der Waals surface area contributed by atoms with Crippen LogP contribution in [0.4, 0.5) is 0 Å². The molecule has 3 rings (SSSR count). The molecule has 7 heteroatoms. The Labute approximate surface area is 148 Å². The van der Waals surface area contributed by atoms with Crippen molar-refractivity contribution in [1.82, 2.24) is 25.4 Å².